The zero-order valence-electron chi connectivity index (χ0n) is 31.0. The van der Waals surface area contributed by atoms with E-state index in [9.17, 15) is 0 Å². The molecule has 268 valence electrons. The third kappa shape index (κ3) is 6.02. The van der Waals surface area contributed by atoms with Crippen molar-refractivity contribution in [2.24, 2.45) is 10.7 Å². The molecule has 9 aromatic rings. The number of hydrogen-bond donors (Lipinski definition) is 1. The summed E-state index contributed by atoms with van der Waals surface area (Å²) in [6.07, 6.45) is 11.9. The fourth-order valence-corrected chi connectivity index (χ4v) is 8.31. The Morgan fingerprint density at radius 2 is 1.04 bits per heavy atom. The number of rotatable bonds is 8. The van der Waals surface area contributed by atoms with Gasteiger partial charge in [-0.2, -0.15) is 0 Å². The zero-order valence-corrected chi connectivity index (χ0v) is 31.0. The van der Waals surface area contributed by atoms with E-state index in [4.69, 9.17) is 10.7 Å². The summed E-state index contributed by atoms with van der Waals surface area (Å²) in [5.41, 5.74) is 20.0. The van der Waals surface area contributed by atoms with Gasteiger partial charge in [-0.05, 0) is 78.4 Å². The zero-order chi connectivity index (χ0) is 37.4. The first-order chi connectivity index (χ1) is 27.7. The largest absolute Gasteiger partial charge is 0.383 e. The molecule has 1 aliphatic rings. The van der Waals surface area contributed by atoms with E-state index in [1.807, 2.05) is 30.3 Å². The van der Waals surface area contributed by atoms with Gasteiger partial charge in [-0.3, -0.25) is 0 Å². The number of benzene rings is 7. The van der Waals surface area contributed by atoms with E-state index in [2.05, 4.69) is 173 Å². The van der Waals surface area contributed by atoms with E-state index in [0.717, 1.165) is 63.1 Å². The number of amidine groups is 1. The Kier molecular flexibility index (Phi) is 8.49. The molecule has 0 spiro atoms. The third-order valence-corrected chi connectivity index (χ3v) is 11.0. The van der Waals surface area contributed by atoms with Crippen LogP contribution in [0, 0.1) is 0 Å². The minimum absolute atomic E-state index is 0.476. The lowest BCUT2D eigenvalue weighted by Gasteiger charge is -2.16. The van der Waals surface area contributed by atoms with Crippen molar-refractivity contribution < 1.29 is 0 Å². The number of nitrogens with two attached hydrogens (primary N) is 1. The molecule has 2 N–H and O–H groups in total. The minimum atomic E-state index is 0.476. The summed E-state index contributed by atoms with van der Waals surface area (Å²) in [6.45, 7) is 0. The molecule has 1 aliphatic carbocycles. The molecule has 7 aromatic carbocycles. The molecule has 2 heterocycles. The normalized spacial score (nSPS) is 13.6. The van der Waals surface area contributed by atoms with Gasteiger partial charge in [0.05, 0.1) is 27.8 Å². The molecule has 0 unspecified atom stereocenters. The molecule has 10 rings (SSSR count). The lowest BCUT2D eigenvalue weighted by molar-refractivity contribution is 1.04. The molecule has 0 aliphatic heterocycles. The first-order valence-electron chi connectivity index (χ1n) is 19.4. The lowest BCUT2D eigenvalue weighted by atomic mass is 9.98. The molecule has 0 amide bonds. The Hall–Kier alpha value is -7.17. The van der Waals surface area contributed by atoms with Gasteiger partial charge >= 0.3 is 0 Å². The van der Waals surface area contributed by atoms with Gasteiger partial charge in [0.1, 0.15) is 5.84 Å². The molecule has 0 saturated heterocycles. The smallest absolute Gasteiger partial charge is 0.131 e. The van der Waals surface area contributed by atoms with E-state index >= 15 is 0 Å². The number of allylic oxidation sites excluding steroid dienone is 5. The van der Waals surface area contributed by atoms with Crippen LogP contribution in [0.25, 0.3) is 66.3 Å². The van der Waals surface area contributed by atoms with Crippen LogP contribution in [0.1, 0.15) is 35.1 Å². The minimum Gasteiger partial charge on any atom is -0.383 e. The second kappa shape index (κ2) is 14.2. The summed E-state index contributed by atoms with van der Waals surface area (Å²) < 4.78 is 4.78. The molecule has 0 atom stereocenters. The highest BCUT2D eigenvalue weighted by molar-refractivity contribution is 6.11. The van der Waals surface area contributed by atoms with E-state index in [1.54, 1.807) is 0 Å². The van der Waals surface area contributed by atoms with Crippen LogP contribution >= 0.6 is 0 Å². The maximum Gasteiger partial charge on any atom is 0.131 e. The van der Waals surface area contributed by atoms with Gasteiger partial charge in [0.15, 0.2) is 0 Å². The molecular weight excluding hydrogens is 681 g/mol. The van der Waals surface area contributed by atoms with E-state index in [-0.39, 0.29) is 0 Å². The molecule has 0 saturated carbocycles. The molecule has 0 bridgehead atoms. The summed E-state index contributed by atoms with van der Waals surface area (Å²) in [6, 6.07) is 60.5. The van der Waals surface area contributed by atoms with Crippen molar-refractivity contribution in [2.45, 2.75) is 19.3 Å². The standard InChI is InChI=1S/C52H40N4/c53-52(39-17-5-2-6-18-39)54-47(32-29-36-27-30-38(31-28-36)37-15-3-1-4-16-37)40-33-41(55-48-23-11-7-19-43(48)44-20-8-12-24-49(44)55)35-42(34-40)56-50-25-13-9-21-45(50)46-22-10-14-26-51(46)56/h2-3,5-28,30-35H,1,4,29H2,(H2,53,54)/b47-32-. The Morgan fingerprint density at radius 1 is 0.536 bits per heavy atom. The predicted molar refractivity (Wildman–Crippen MR) is 237 cm³/mol. The molecule has 0 fully saturated rings. The van der Waals surface area contributed by atoms with E-state index < -0.39 is 0 Å². The summed E-state index contributed by atoms with van der Waals surface area (Å²) in [5.74, 6) is 0.476. The van der Waals surface area contributed by atoms with Crippen molar-refractivity contribution in [3.63, 3.8) is 0 Å². The fraction of sp³-hybridized carbons (Fsp3) is 0.0577. The third-order valence-electron chi connectivity index (χ3n) is 11.0. The van der Waals surface area contributed by atoms with Crippen LogP contribution in [0.2, 0.25) is 0 Å². The summed E-state index contributed by atoms with van der Waals surface area (Å²) in [5, 5.41) is 4.88. The second-order valence-electron chi connectivity index (χ2n) is 14.5. The van der Waals surface area contributed by atoms with Crippen LogP contribution in [0.5, 0.6) is 0 Å². The van der Waals surface area contributed by atoms with Crippen molar-refractivity contribution in [1.82, 2.24) is 9.13 Å². The van der Waals surface area contributed by atoms with Crippen molar-refractivity contribution in [1.29, 1.82) is 0 Å². The number of aliphatic imine (C=N–C) groups is 1. The number of aromatic nitrogens is 2. The predicted octanol–water partition coefficient (Wildman–Crippen LogP) is 12.6. The van der Waals surface area contributed by atoms with Crippen molar-refractivity contribution in [2.75, 3.05) is 0 Å². The quantitative estimate of drug-likeness (QED) is 0.123. The van der Waals surface area contributed by atoms with Gasteiger partial charge in [-0.15, -0.1) is 0 Å². The molecule has 56 heavy (non-hydrogen) atoms. The Labute approximate surface area is 326 Å². The average Bonchev–Trinajstić information content (AvgIpc) is 3.79. The van der Waals surface area contributed by atoms with Crippen LogP contribution in [-0.4, -0.2) is 15.0 Å². The fourth-order valence-electron chi connectivity index (χ4n) is 8.31. The maximum absolute atomic E-state index is 6.85. The number of para-hydroxylation sites is 4. The van der Waals surface area contributed by atoms with Crippen LogP contribution in [-0.2, 0) is 6.42 Å². The highest BCUT2D eigenvalue weighted by Crippen LogP contribution is 2.37. The van der Waals surface area contributed by atoms with E-state index in [1.165, 1.54) is 38.2 Å². The van der Waals surface area contributed by atoms with E-state index in [0.29, 0.717) is 12.3 Å². The van der Waals surface area contributed by atoms with Crippen LogP contribution < -0.4 is 5.73 Å². The monoisotopic (exact) mass is 720 g/mol. The highest BCUT2D eigenvalue weighted by Gasteiger charge is 2.18. The Morgan fingerprint density at radius 3 is 1.54 bits per heavy atom. The first kappa shape index (κ1) is 33.4. The summed E-state index contributed by atoms with van der Waals surface area (Å²) in [4.78, 5) is 5.24. The SMILES string of the molecule is NC(=N/C(=C\Cc1ccc(C2=CCCC=C2)cc1)c1cc(-n2c3ccccc3c3ccccc32)cc(-n2c3ccccc3c3ccccc32)c1)c1ccccc1. The van der Waals surface area contributed by atoms with Crippen LogP contribution in [0.15, 0.2) is 199 Å². The molecule has 0 radical (unpaired) electrons. The number of fused-ring (bicyclic) bond motifs is 6. The van der Waals surface area contributed by atoms with Crippen molar-refractivity contribution in [3.05, 3.63) is 216 Å². The molecular formula is C52H40N4. The lowest BCUT2D eigenvalue weighted by Crippen LogP contribution is -2.13. The molecule has 2 aromatic heterocycles. The van der Waals surface area contributed by atoms with Gasteiger partial charge < -0.3 is 14.9 Å². The van der Waals surface area contributed by atoms with Gasteiger partial charge in [0.2, 0.25) is 0 Å². The molecule has 4 heteroatoms. The van der Waals surface area contributed by atoms with Gasteiger partial charge in [-0.1, -0.05) is 152 Å². The molecule has 4 nitrogen and oxygen atoms in total. The topological polar surface area (TPSA) is 48.2 Å². The highest BCUT2D eigenvalue weighted by atomic mass is 15.0. The second-order valence-corrected chi connectivity index (χ2v) is 14.5. The Balaban J connectivity index is 1.21. The van der Waals surface area contributed by atoms with Crippen molar-refractivity contribution in [3.8, 4) is 11.4 Å². The maximum atomic E-state index is 6.85. The Bertz CT molecular complexity index is 2800. The summed E-state index contributed by atoms with van der Waals surface area (Å²) >= 11 is 0. The first-order valence-corrected chi connectivity index (χ1v) is 19.4. The number of hydrogen-bond acceptors (Lipinski definition) is 1. The van der Waals surface area contributed by atoms with Crippen LogP contribution in [0.3, 0.4) is 0 Å². The number of nitrogens with zero attached hydrogens (tertiary/aromatic N) is 3. The van der Waals surface area contributed by atoms with Crippen molar-refractivity contribution >= 4 is 60.7 Å². The van der Waals surface area contributed by atoms with Gasteiger partial charge in [0, 0.05) is 44.0 Å². The average molecular weight is 721 g/mol. The van der Waals surface area contributed by atoms with Crippen LogP contribution in [0.4, 0.5) is 0 Å². The van der Waals surface area contributed by atoms with Gasteiger partial charge in [-0.25, -0.2) is 4.99 Å². The van der Waals surface area contributed by atoms with Gasteiger partial charge in [0.25, 0.3) is 0 Å². The summed E-state index contributed by atoms with van der Waals surface area (Å²) in [7, 11) is 0.